The normalized spacial score (nSPS) is 15.6. The number of carboxylic acids is 1. The van der Waals surface area contributed by atoms with Gasteiger partial charge in [-0.2, -0.15) is 0 Å². The zero-order valence-electron chi connectivity index (χ0n) is 10.4. The number of carboxylic acid groups (broad SMARTS) is 1. The quantitative estimate of drug-likeness (QED) is 0.862. The molecule has 3 N–H and O–H groups in total. The molecule has 6 heteroatoms. The molecule has 0 fully saturated rings. The Morgan fingerprint density at radius 3 is 2.59 bits per heavy atom. The molecule has 0 saturated carbocycles. The fraction of sp³-hybridized carbons (Fsp3) is 0.636. The maximum Gasteiger partial charge on any atom is 0.326 e. The Morgan fingerprint density at radius 2 is 2.18 bits per heavy atom. The fourth-order valence-corrected chi connectivity index (χ4v) is 2.69. The molecule has 0 radical (unpaired) electrons. The van der Waals surface area contributed by atoms with E-state index in [-0.39, 0.29) is 11.5 Å². The third kappa shape index (κ3) is 3.24. The van der Waals surface area contributed by atoms with E-state index in [1.165, 1.54) is 11.3 Å². The second-order valence-electron chi connectivity index (χ2n) is 4.91. The second kappa shape index (κ2) is 5.12. The van der Waals surface area contributed by atoms with Gasteiger partial charge in [0.05, 0.1) is 5.69 Å². The summed E-state index contributed by atoms with van der Waals surface area (Å²) in [6.07, 6.45) is -0.165. The van der Waals surface area contributed by atoms with E-state index in [2.05, 4.69) is 4.98 Å². The Labute approximate surface area is 105 Å². The summed E-state index contributed by atoms with van der Waals surface area (Å²) in [5.41, 5.74) is 5.78. The molecule has 0 amide bonds. The fourth-order valence-electron chi connectivity index (χ4n) is 1.52. The van der Waals surface area contributed by atoms with Crippen molar-refractivity contribution in [3.8, 4) is 0 Å². The van der Waals surface area contributed by atoms with Crippen LogP contribution in [-0.4, -0.2) is 23.2 Å². The van der Waals surface area contributed by atoms with Gasteiger partial charge in [0.15, 0.2) is 0 Å². The zero-order chi connectivity index (χ0) is 13.2. The number of ether oxygens (including phenoxy) is 1. The molecule has 5 nitrogen and oxygen atoms in total. The van der Waals surface area contributed by atoms with E-state index in [1.54, 1.807) is 12.5 Å². The highest BCUT2D eigenvalue weighted by Crippen LogP contribution is 2.37. The largest absolute Gasteiger partial charge is 0.480 e. The van der Waals surface area contributed by atoms with Gasteiger partial charge in [0.25, 0.3) is 0 Å². The van der Waals surface area contributed by atoms with Crippen LogP contribution in [0.4, 0.5) is 0 Å². The van der Waals surface area contributed by atoms with Crippen molar-refractivity contribution in [3.05, 3.63) is 16.1 Å². The summed E-state index contributed by atoms with van der Waals surface area (Å²) in [7, 11) is 1.62. The molecule has 0 bridgehead atoms. The highest BCUT2D eigenvalue weighted by atomic mass is 32.1. The van der Waals surface area contributed by atoms with Crippen LogP contribution in [0.25, 0.3) is 0 Å². The number of rotatable bonds is 4. The monoisotopic (exact) mass is 258 g/mol. The van der Waals surface area contributed by atoms with Crippen LogP contribution in [0.15, 0.2) is 5.38 Å². The average Bonchev–Trinajstić information content (AvgIpc) is 2.64. The van der Waals surface area contributed by atoms with Crippen LogP contribution in [0.1, 0.15) is 43.6 Å². The second-order valence-corrected chi connectivity index (χ2v) is 5.80. The number of carbonyl (C=O) groups is 1. The third-order valence-corrected chi connectivity index (χ3v) is 3.28. The van der Waals surface area contributed by atoms with E-state index < -0.39 is 12.0 Å². The summed E-state index contributed by atoms with van der Waals surface area (Å²) >= 11 is 1.38. The summed E-state index contributed by atoms with van der Waals surface area (Å²) in [4.78, 5) is 15.0. The maximum absolute atomic E-state index is 10.8. The number of aliphatic carboxylic acids is 1. The predicted molar refractivity (Wildman–Crippen MR) is 65.9 cm³/mol. The van der Waals surface area contributed by atoms with Crippen LogP contribution >= 0.6 is 11.3 Å². The van der Waals surface area contributed by atoms with Gasteiger partial charge in [0, 0.05) is 12.5 Å². The van der Waals surface area contributed by atoms with E-state index in [9.17, 15) is 4.79 Å². The van der Waals surface area contributed by atoms with Crippen LogP contribution in [0, 0.1) is 5.41 Å². The molecule has 2 unspecified atom stereocenters. The van der Waals surface area contributed by atoms with E-state index in [0.29, 0.717) is 5.69 Å². The predicted octanol–water partition coefficient (Wildman–Crippen LogP) is 1.96. The summed E-state index contributed by atoms with van der Waals surface area (Å²) in [5.74, 6) is -1.08. The van der Waals surface area contributed by atoms with Gasteiger partial charge < -0.3 is 15.6 Å². The van der Waals surface area contributed by atoms with Crippen LogP contribution < -0.4 is 5.73 Å². The van der Waals surface area contributed by atoms with Crippen molar-refractivity contribution >= 4 is 17.3 Å². The van der Waals surface area contributed by atoms with Crippen molar-refractivity contribution in [2.45, 2.75) is 32.9 Å². The number of hydrogen-bond acceptors (Lipinski definition) is 5. The molecule has 96 valence electrons. The standard InChI is InChI=1S/C11H18N2O3S/c1-11(2,3)8(16-4)9-13-6(5-17-9)7(12)10(14)15/h5,7-8H,12H2,1-4H3,(H,14,15). The third-order valence-electron chi connectivity index (χ3n) is 2.37. The molecule has 0 aliphatic rings. The minimum absolute atomic E-state index is 0.100. The van der Waals surface area contributed by atoms with Crippen molar-refractivity contribution in [1.82, 2.24) is 4.98 Å². The van der Waals surface area contributed by atoms with Crippen molar-refractivity contribution in [2.24, 2.45) is 11.1 Å². The Hall–Kier alpha value is -0.980. The summed E-state index contributed by atoms with van der Waals surface area (Å²) < 4.78 is 5.41. The van der Waals surface area contributed by atoms with E-state index in [0.717, 1.165) is 5.01 Å². The van der Waals surface area contributed by atoms with Crippen molar-refractivity contribution in [3.63, 3.8) is 0 Å². The minimum atomic E-state index is -1.08. The SMILES string of the molecule is COC(c1nc(C(N)C(=O)O)cs1)C(C)(C)C. The van der Waals surface area contributed by atoms with E-state index in [4.69, 9.17) is 15.6 Å². The zero-order valence-corrected chi connectivity index (χ0v) is 11.2. The molecule has 1 aromatic rings. The molecule has 2 atom stereocenters. The van der Waals surface area contributed by atoms with Gasteiger partial charge in [-0.15, -0.1) is 11.3 Å². The number of nitrogens with zero attached hydrogens (tertiary/aromatic N) is 1. The Bertz CT molecular complexity index is 398. The van der Waals surface area contributed by atoms with Crippen LogP contribution in [0.3, 0.4) is 0 Å². The first kappa shape index (κ1) is 14.1. The molecule has 1 rings (SSSR count). The lowest BCUT2D eigenvalue weighted by Gasteiger charge is -2.27. The summed E-state index contributed by atoms with van der Waals surface area (Å²) in [5, 5.41) is 11.2. The molecule has 0 saturated heterocycles. The van der Waals surface area contributed by atoms with Crippen molar-refractivity contribution < 1.29 is 14.6 Å². The molecular formula is C11H18N2O3S. The van der Waals surface area contributed by atoms with Gasteiger partial charge in [-0.1, -0.05) is 20.8 Å². The first-order chi connectivity index (χ1) is 7.77. The lowest BCUT2D eigenvalue weighted by molar-refractivity contribution is -0.138. The average molecular weight is 258 g/mol. The highest BCUT2D eigenvalue weighted by molar-refractivity contribution is 7.09. The highest BCUT2D eigenvalue weighted by Gasteiger charge is 2.30. The number of aromatic nitrogens is 1. The van der Waals surface area contributed by atoms with Gasteiger partial charge in [-0.05, 0) is 5.41 Å². The van der Waals surface area contributed by atoms with Gasteiger partial charge in [0.2, 0.25) is 0 Å². The first-order valence-corrected chi connectivity index (χ1v) is 6.12. The molecule has 1 aromatic heterocycles. The van der Waals surface area contributed by atoms with E-state index in [1.807, 2.05) is 20.8 Å². The minimum Gasteiger partial charge on any atom is -0.480 e. The summed E-state index contributed by atoms with van der Waals surface area (Å²) in [6, 6.07) is -1.07. The Kier molecular flexibility index (Phi) is 4.24. The van der Waals surface area contributed by atoms with Crippen molar-refractivity contribution in [1.29, 1.82) is 0 Å². The Morgan fingerprint density at radius 1 is 1.59 bits per heavy atom. The Balaban J connectivity index is 2.98. The van der Waals surface area contributed by atoms with Gasteiger partial charge >= 0.3 is 5.97 Å². The molecule has 0 aliphatic heterocycles. The van der Waals surface area contributed by atoms with Crippen molar-refractivity contribution in [2.75, 3.05) is 7.11 Å². The topological polar surface area (TPSA) is 85.4 Å². The maximum atomic E-state index is 10.8. The molecule has 0 spiro atoms. The van der Waals surface area contributed by atoms with Gasteiger partial charge in [-0.3, -0.25) is 4.79 Å². The van der Waals surface area contributed by atoms with Gasteiger partial charge in [0.1, 0.15) is 17.2 Å². The molecular weight excluding hydrogens is 240 g/mol. The molecule has 0 aromatic carbocycles. The lowest BCUT2D eigenvalue weighted by Crippen LogP contribution is -2.22. The first-order valence-electron chi connectivity index (χ1n) is 5.24. The van der Waals surface area contributed by atoms with Gasteiger partial charge in [-0.25, -0.2) is 4.98 Å². The van der Waals surface area contributed by atoms with Crippen LogP contribution in [0.2, 0.25) is 0 Å². The van der Waals surface area contributed by atoms with Crippen LogP contribution in [-0.2, 0) is 9.53 Å². The molecule has 1 heterocycles. The van der Waals surface area contributed by atoms with E-state index >= 15 is 0 Å². The van der Waals surface area contributed by atoms with Crippen LogP contribution in [0.5, 0.6) is 0 Å². The molecule has 0 aliphatic carbocycles. The smallest absolute Gasteiger partial charge is 0.326 e. The lowest BCUT2D eigenvalue weighted by atomic mass is 9.89. The molecule has 17 heavy (non-hydrogen) atoms. The number of thiazole rings is 1. The number of hydrogen-bond donors (Lipinski definition) is 2. The number of nitrogens with two attached hydrogens (primary N) is 1. The summed E-state index contributed by atoms with van der Waals surface area (Å²) in [6.45, 7) is 6.12. The number of methoxy groups -OCH3 is 1.